The van der Waals surface area contributed by atoms with Gasteiger partial charge in [0.25, 0.3) is 0 Å². The number of carbonyl (C=O) groups excluding carboxylic acids is 1. The Kier molecular flexibility index (Phi) is 7.24. The maximum atomic E-state index is 11.1. The number of rotatable bonds is 8. The van der Waals surface area contributed by atoms with Crippen molar-refractivity contribution in [2.75, 3.05) is 17.3 Å². The molecule has 0 saturated carbocycles. The van der Waals surface area contributed by atoms with Crippen molar-refractivity contribution in [3.8, 4) is 5.75 Å². The molecule has 0 amide bonds. The van der Waals surface area contributed by atoms with Crippen LogP contribution in [-0.2, 0) is 10.2 Å². The minimum absolute atomic E-state index is 0.0994. The van der Waals surface area contributed by atoms with E-state index in [0.717, 1.165) is 29.8 Å². The first kappa shape index (κ1) is 17.2. The maximum Gasteiger partial charge on any atom is 0.335 e. The highest BCUT2D eigenvalue weighted by Crippen LogP contribution is 2.29. The van der Waals surface area contributed by atoms with Crippen LogP contribution in [0.5, 0.6) is 5.75 Å². The molecule has 0 N–H and O–H groups in total. The number of thiol groups is 1. The molecule has 0 heterocycles. The second-order valence-electron chi connectivity index (χ2n) is 5.16. The Labute approximate surface area is 131 Å². The highest BCUT2D eigenvalue weighted by atomic mass is 32.2. The molecule has 0 aliphatic carbocycles. The van der Waals surface area contributed by atoms with Crippen LogP contribution in [0.2, 0.25) is 0 Å². The predicted octanol–water partition coefficient (Wildman–Crippen LogP) is 4.11. The van der Waals surface area contributed by atoms with Crippen molar-refractivity contribution in [2.24, 2.45) is 0 Å². The van der Waals surface area contributed by atoms with Gasteiger partial charge < -0.3 is 4.74 Å². The Hall–Kier alpha value is -0.870. The van der Waals surface area contributed by atoms with Crippen molar-refractivity contribution < 1.29 is 9.53 Å². The molecule has 0 saturated heterocycles. The SMILES string of the molecule is C=CC(=O)Oc1ccc(C(C)(C)CSCCCS)cc1. The van der Waals surface area contributed by atoms with Crippen LogP contribution in [0, 0.1) is 0 Å². The van der Waals surface area contributed by atoms with Gasteiger partial charge in [-0.1, -0.05) is 32.6 Å². The van der Waals surface area contributed by atoms with Crippen LogP contribution in [0.3, 0.4) is 0 Å². The van der Waals surface area contributed by atoms with E-state index in [1.807, 2.05) is 36.0 Å². The minimum Gasteiger partial charge on any atom is -0.423 e. The quantitative estimate of drug-likeness (QED) is 0.257. The molecule has 110 valence electrons. The van der Waals surface area contributed by atoms with Crippen molar-refractivity contribution in [2.45, 2.75) is 25.7 Å². The third-order valence-corrected chi connectivity index (χ3v) is 4.75. The Morgan fingerprint density at radius 3 is 2.60 bits per heavy atom. The normalized spacial score (nSPS) is 11.2. The second-order valence-corrected chi connectivity index (χ2v) is 6.72. The topological polar surface area (TPSA) is 26.3 Å². The van der Waals surface area contributed by atoms with E-state index < -0.39 is 5.97 Å². The highest BCUT2D eigenvalue weighted by Gasteiger charge is 2.20. The van der Waals surface area contributed by atoms with E-state index in [0.29, 0.717) is 5.75 Å². The molecule has 0 unspecified atom stereocenters. The highest BCUT2D eigenvalue weighted by molar-refractivity contribution is 7.99. The van der Waals surface area contributed by atoms with Crippen LogP contribution in [0.25, 0.3) is 0 Å². The molecule has 0 aromatic heterocycles. The number of hydrogen-bond donors (Lipinski definition) is 1. The lowest BCUT2D eigenvalue weighted by molar-refractivity contribution is -0.128. The lowest BCUT2D eigenvalue weighted by Gasteiger charge is -2.25. The Morgan fingerprint density at radius 1 is 1.40 bits per heavy atom. The summed E-state index contributed by atoms with van der Waals surface area (Å²) in [6.45, 7) is 7.83. The Morgan fingerprint density at radius 2 is 2.05 bits per heavy atom. The zero-order valence-electron chi connectivity index (χ0n) is 12.1. The first-order valence-electron chi connectivity index (χ1n) is 6.63. The molecule has 4 heteroatoms. The molecular formula is C16H22O2S2. The molecule has 0 aliphatic heterocycles. The van der Waals surface area contributed by atoms with Gasteiger partial charge in [0.1, 0.15) is 5.75 Å². The Bertz CT molecular complexity index is 438. The average Bonchev–Trinajstić information content (AvgIpc) is 2.44. The van der Waals surface area contributed by atoms with Crippen LogP contribution in [-0.4, -0.2) is 23.2 Å². The molecule has 0 atom stereocenters. The van der Waals surface area contributed by atoms with Crippen molar-refractivity contribution >= 4 is 30.4 Å². The van der Waals surface area contributed by atoms with E-state index in [-0.39, 0.29) is 5.41 Å². The summed E-state index contributed by atoms with van der Waals surface area (Å²) >= 11 is 6.17. The Balaban J connectivity index is 2.61. The van der Waals surface area contributed by atoms with E-state index in [1.165, 1.54) is 5.56 Å². The average molecular weight is 310 g/mol. The summed E-state index contributed by atoms with van der Waals surface area (Å²) in [5, 5.41) is 0. The largest absolute Gasteiger partial charge is 0.423 e. The molecule has 0 radical (unpaired) electrons. The summed E-state index contributed by atoms with van der Waals surface area (Å²) in [6, 6.07) is 7.70. The van der Waals surface area contributed by atoms with E-state index in [2.05, 4.69) is 33.1 Å². The number of benzene rings is 1. The standard InChI is InChI=1S/C16H22O2S2/c1-4-15(17)18-14-8-6-13(7-9-14)16(2,3)12-20-11-5-10-19/h4,6-9,19H,1,5,10-12H2,2-3H3. The van der Waals surface area contributed by atoms with Gasteiger partial charge in [0.2, 0.25) is 0 Å². The van der Waals surface area contributed by atoms with Gasteiger partial charge in [-0.15, -0.1) is 0 Å². The molecule has 0 aliphatic rings. The molecule has 0 fully saturated rings. The summed E-state index contributed by atoms with van der Waals surface area (Å²) in [6.07, 6.45) is 2.30. The van der Waals surface area contributed by atoms with Crippen molar-refractivity contribution in [1.82, 2.24) is 0 Å². The summed E-state index contributed by atoms with van der Waals surface area (Å²) < 4.78 is 5.07. The number of carbonyl (C=O) groups is 1. The first-order chi connectivity index (χ1) is 9.49. The lowest BCUT2D eigenvalue weighted by Crippen LogP contribution is -2.20. The first-order valence-corrected chi connectivity index (χ1v) is 8.41. The molecule has 20 heavy (non-hydrogen) atoms. The fourth-order valence-electron chi connectivity index (χ4n) is 1.71. The van der Waals surface area contributed by atoms with Gasteiger partial charge in [0, 0.05) is 11.8 Å². The monoisotopic (exact) mass is 310 g/mol. The minimum atomic E-state index is -0.431. The van der Waals surface area contributed by atoms with Gasteiger partial charge in [-0.3, -0.25) is 0 Å². The molecule has 1 aromatic carbocycles. The summed E-state index contributed by atoms with van der Waals surface area (Å²) in [7, 11) is 0. The number of hydrogen-bond acceptors (Lipinski definition) is 4. The van der Waals surface area contributed by atoms with Gasteiger partial charge >= 0.3 is 5.97 Å². The predicted molar refractivity (Wildman–Crippen MR) is 91.1 cm³/mol. The van der Waals surface area contributed by atoms with E-state index in [4.69, 9.17) is 4.74 Å². The lowest BCUT2D eigenvalue weighted by atomic mass is 9.87. The second kappa shape index (κ2) is 8.42. The zero-order chi connectivity index (χ0) is 15.0. The number of thioether (sulfide) groups is 1. The molecule has 1 rings (SSSR count). The van der Waals surface area contributed by atoms with Crippen LogP contribution in [0.1, 0.15) is 25.8 Å². The van der Waals surface area contributed by atoms with E-state index in [9.17, 15) is 4.79 Å². The van der Waals surface area contributed by atoms with Gasteiger partial charge in [-0.2, -0.15) is 24.4 Å². The third-order valence-electron chi connectivity index (χ3n) is 2.93. The van der Waals surface area contributed by atoms with E-state index >= 15 is 0 Å². The molecular weight excluding hydrogens is 288 g/mol. The van der Waals surface area contributed by atoms with Crippen LogP contribution < -0.4 is 4.74 Å². The van der Waals surface area contributed by atoms with Crippen molar-refractivity contribution in [3.05, 3.63) is 42.5 Å². The van der Waals surface area contributed by atoms with Crippen LogP contribution >= 0.6 is 24.4 Å². The zero-order valence-corrected chi connectivity index (χ0v) is 13.8. The number of ether oxygens (including phenoxy) is 1. The molecule has 2 nitrogen and oxygen atoms in total. The van der Waals surface area contributed by atoms with Gasteiger partial charge in [0.15, 0.2) is 0 Å². The maximum absolute atomic E-state index is 11.1. The summed E-state index contributed by atoms with van der Waals surface area (Å²) in [5.74, 6) is 3.27. The summed E-state index contributed by atoms with van der Waals surface area (Å²) in [4.78, 5) is 11.1. The fraction of sp³-hybridized carbons (Fsp3) is 0.438. The molecule has 0 bridgehead atoms. The van der Waals surface area contributed by atoms with Gasteiger partial charge in [-0.25, -0.2) is 4.79 Å². The van der Waals surface area contributed by atoms with Gasteiger partial charge in [-0.05, 0) is 41.0 Å². The van der Waals surface area contributed by atoms with Crippen LogP contribution in [0.15, 0.2) is 36.9 Å². The third kappa shape index (κ3) is 5.63. The van der Waals surface area contributed by atoms with Gasteiger partial charge in [0.05, 0.1) is 0 Å². The molecule has 1 aromatic rings. The smallest absolute Gasteiger partial charge is 0.335 e. The summed E-state index contributed by atoms with van der Waals surface area (Å²) in [5.41, 5.74) is 1.34. The molecule has 0 spiro atoms. The van der Waals surface area contributed by atoms with Crippen LogP contribution in [0.4, 0.5) is 0 Å². The van der Waals surface area contributed by atoms with E-state index in [1.54, 1.807) is 0 Å². The van der Waals surface area contributed by atoms with Crippen molar-refractivity contribution in [3.63, 3.8) is 0 Å². The number of esters is 1. The fourth-order valence-corrected chi connectivity index (χ4v) is 3.25. The van der Waals surface area contributed by atoms with Crippen molar-refractivity contribution in [1.29, 1.82) is 0 Å².